The molecule has 0 aromatic heterocycles. The predicted octanol–water partition coefficient (Wildman–Crippen LogP) is 8.49. The number of amides is 3. The van der Waals surface area contributed by atoms with Crippen molar-refractivity contribution in [3.05, 3.63) is 71.8 Å². The second-order valence-electron chi connectivity index (χ2n) is 34.0. The molecule has 0 saturated carbocycles. The third kappa shape index (κ3) is 28.9. The van der Waals surface area contributed by atoms with Gasteiger partial charge in [-0.2, -0.15) is 0 Å². The summed E-state index contributed by atoms with van der Waals surface area (Å²) in [6.45, 7) is 20.2. The lowest BCUT2D eigenvalue weighted by Crippen LogP contribution is -2.75. The van der Waals surface area contributed by atoms with Crippen molar-refractivity contribution in [3.63, 3.8) is 0 Å². The molecule has 38 nitrogen and oxygen atoms in total. The Morgan fingerprint density at radius 1 is 0.579 bits per heavy atom. The van der Waals surface area contributed by atoms with E-state index in [1.807, 2.05) is 41.5 Å². The summed E-state index contributed by atoms with van der Waals surface area (Å²) in [5.41, 5.74) is 1.15. The largest absolute Gasteiger partial charge is 0.508 e. The van der Waals surface area contributed by atoms with Crippen molar-refractivity contribution in [1.29, 1.82) is 0 Å². The van der Waals surface area contributed by atoms with Gasteiger partial charge in [-0.3, -0.25) is 38.4 Å². The molecule has 2 aromatic carbocycles. The van der Waals surface area contributed by atoms with Gasteiger partial charge < -0.3 is 124 Å². The maximum atomic E-state index is 16.2. The molecule has 1 spiro atoms. The summed E-state index contributed by atoms with van der Waals surface area (Å²) in [6, 6.07) is 12.4. The minimum atomic E-state index is -3.76. The van der Waals surface area contributed by atoms with Crippen LogP contribution in [0, 0.1) is 0 Å². The second kappa shape index (κ2) is 44.5. The normalized spacial score (nSPS) is 29.4. The number of carbonyl (C=O) groups excluding carboxylic acids is 12. The molecule has 0 radical (unpaired) electrons. The molecular formula is C80H111Cl6N3O35Si2. The van der Waals surface area contributed by atoms with Crippen molar-refractivity contribution < 1.29 is 166 Å². The Morgan fingerprint density at radius 2 is 1.14 bits per heavy atom. The summed E-state index contributed by atoms with van der Waals surface area (Å²) in [5.74, 6) is -17.4. The fraction of sp³-hybridized carbons (Fsp3) is 0.700. The number of hydrogen-bond donors (Lipinski definition) is 3. The minimum Gasteiger partial charge on any atom is -0.465 e. The summed E-state index contributed by atoms with van der Waals surface area (Å²) in [6.07, 6.45) is -37.3. The predicted molar refractivity (Wildman–Crippen MR) is 445 cm³/mol. The highest BCUT2D eigenvalue weighted by molar-refractivity contribution is 6.76. The first kappa shape index (κ1) is 105. The van der Waals surface area contributed by atoms with Crippen LogP contribution in [0.2, 0.25) is 35.8 Å². The quantitative estimate of drug-likeness (QED) is 0.0261. The zero-order chi connectivity index (χ0) is 93.6. The number of alkyl halides is 6. The first-order valence-electron chi connectivity index (χ1n) is 40.2. The van der Waals surface area contributed by atoms with Gasteiger partial charge >= 0.3 is 68.6 Å². The smallest absolute Gasteiger partial charge is 0.465 e. The van der Waals surface area contributed by atoms with Gasteiger partial charge in [0, 0.05) is 80.1 Å². The number of ether oxygens (including phenoxy) is 21. The molecule has 8 rings (SSSR count). The van der Waals surface area contributed by atoms with Crippen LogP contribution in [0.25, 0.3) is 0 Å². The van der Waals surface area contributed by atoms with Crippen LogP contribution in [-0.4, -0.2) is 283 Å². The van der Waals surface area contributed by atoms with E-state index in [0.717, 1.165) is 62.5 Å². The summed E-state index contributed by atoms with van der Waals surface area (Å²) in [4.78, 5) is 168. The number of cyclic esters (lactones) is 1. The SMILES string of the molecule is COC(=O)[C@@]1(O[C@H]2[C@@H](O[C@H]3O[C@@H]4CO[Si](C(C)(C)C)(C(C)(C)C)O[C@@H]4[C@H](OC(=O)OCC(Cl)(Cl)Cl)[C@H]3NC(=O)OCC(Cl)(Cl)Cl)[C@@H](COCc3ccccc3)O[C@@H](OCC[Si](C)(C)C)[C@@H]2OCc2ccccc2)C[C@H](OC(C)=O)[C@@H](NC(C)=O)[C@H]([C@H](OC(C)=O)[C@H]2COC(=O)[C@]3(C[C@H](OC(C)=O)[C@@H](NC(C)=O)[C@H]([C@H](OC(C)=O)[C@@H](COC(C)=O)OC(C)=O)O3)O2)O1. The van der Waals surface area contributed by atoms with E-state index < -0.39 is 286 Å². The van der Waals surface area contributed by atoms with Crippen LogP contribution in [0.15, 0.2) is 60.7 Å². The van der Waals surface area contributed by atoms with Crippen LogP contribution in [-0.2, 0) is 169 Å². The first-order chi connectivity index (χ1) is 58.6. The molecule has 0 aliphatic carbocycles. The lowest BCUT2D eigenvalue weighted by molar-refractivity contribution is -0.396. The molecule has 6 fully saturated rings. The molecule has 6 aliphatic heterocycles. The van der Waals surface area contributed by atoms with Crippen molar-refractivity contribution in [2.24, 2.45) is 0 Å². The zero-order valence-corrected chi connectivity index (χ0v) is 79.4. The highest BCUT2D eigenvalue weighted by atomic mass is 35.6. The van der Waals surface area contributed by atoms with E-state index in [0.29, 0.717) is 17.2 Å². The second-order valence-corrected chi connectivity index (χ2v) is 49.4. The Morgan fingerprint density at radius 3 is 1.67 bits per heavy atom. The summed E-state index contributed by atoms with van der Waals surface area (Å²) in [7, 11) is -4.94. The van der Waals surface area contributed by atoms with Gasteiger partial charge in [-0.1, -0.05) is 191 Å². The van der Waals surface area contributed by atoms with Crippen molar-refractivity contribution in [2.75, 3.05) is 53.4 Å². The van der Waals surface area contributed by atoms with Gasteiger partial charge in [-0.25, -0.2) is 19.2 Å². The number of esters is 8. The standard InChI is InChI=1S/C80H111Cl6N3O35Si2/c1-41(90)87-57-52(112-45(5)94)32-78(122-65(57)60(114-47(7)96)54(113-46(6)95)36-105-43(3)92)72(99)107-37-56(120-78)62(115-48(8)97)66-58(88-42(2)91)51(111-44(4)93)31-77(121-66,71(98)102-15)123-67-61(53(35-103-33-49-25-21-19-22-26-49)117-70(104-29-30-125(16,17)18)68(67)106-34-50-27-23-20-24-28-50)118-69-59(89-73(100)108-39-79(81,82)83)64(119-74(101)109-40-80(84,85)86)63-55(116-69)38-110-126(124-63,75(9,10)11)76(12,13)14/h19-28,51-70H,29-40H2,1-18H3,(H,87,90)(H,88,91)(H,89,100)/t51-,52-,53+,54+,55+,56+,57+,58+,59+,60+,61-,62+,63-,64+,65+,66+,67-,68+,69+,70+,77-,78+/m0/s1. The maximum absolute atomic E-state index is 16.2. The number of fused-ring (bicyclic) bond motifs is 1. The summed E-state index contributed by atoms with van der Waals surface area (Å²) < 4.78 is 144. The topological polar surface area (TPSA) is 453 Å². The van der Waals surface area contributed by atoms with Crippen LogP contribution in [0.5, 0.6) is 0 Å². The number of nitrogens with one attached hydrogen (secondary N) is 3. The molecule has 6 heterocycles. The number of hydrogen-bond acceptors (Lipinski definition) is 35. The molecule has 0 bridgehead atoms. The van der Waals surface area contributed by atoms with E-state index >= 15 is 9.59 Å². The Hall–Kier alpha value is -6.63. The maximum Gasteiger partial charge on any atom is 0.508 e. The first-order valence-corrected chi connectivity index (χ1v) is 48.0. The van der Waals surface area contributed by atoms with E-state index in [1.165, 1.54) is 0 Å². The molecular weight excluding hydrogens is 1830 g/mol. The van der Waals surface area contributed by atoms with Gasteiger partial charge in [0.1, 0.15) is 99.6 Å². The Bertz CT molecular complexity index is 4090. The van der Waals surface area contributed by atoms with Crippen LogP contribution >= 0.6 is 69.6 Å². The molecule has 2 aromatic rings. The molecule has 46 heteroatoms. The average Bonchev–Trinajstić information content (AvgIpc) is 0.729. The highest BCUT2D eigenvalue weighted by Crippen LogP contribution is 2.56. The lowest BCUT2D eigenvalue weighted by Gasteiger charge is -2.58. The molecule has 22 atom stereocenters. The van der Waals surface area contributed by atoms with Gasteiger partial charge in [0.15, 0.2) is 37.0 Å². The number of methoxy groups -OCH3 is 1. The molecule has 6 saturated heterocycles. The van der Waals surface area contributed by atoms with Crippen molar-refractivity contribution >= 4 is 158 Å². The monoisotopic (exact) mass is 1940 g/mol. The van der Waals surface area contributed by atoms with Crippen molar-refractivity contribution in [1.82, 2.24) is 16.0 Å². The minimum absolute atomic E-state index is 0.0452. The number of alkyl carbamates (subject to hydrolysis) is 1. The van der Waals surface area contributed by atoms with Crippen LogP contribution < -0.4 is 16.0 Å². The van der Waals surface area contributed by atoms with Crippen molar-refractivity contribution in [3.8, 4) is 0 Å². The molecule has 6 aliphatic rings. The average molecular weight is 1940 g/mol. The van der Waals surface area contributed by atoms with Gasteiger partial charge in [0.25, 0.3) is 11.6 Å². The van der Waals surface area contributed by atoms with E-state index in [1.54, 1.807) is 60.7 Å². The fourth-order valence-corrected chi connectivity index (χ4v) is 21.6. The van der Waals surface area contributed by atoms with Gasteiger partial charge in [-0.15, -0.1) is 0 Å². The van der Waals surface area contributed by atoms with Crippen LogP contribution in [0.4, 0.5) is 9.59 Å². The number of benzene rings is 2. The van der Waals surface area contributed by atoms with E-state index in [4.69, 9.17) is 178 Å². The third-order valence-electron chi connectivity index (χ3n) is 20.4. The number of rotatable bonds is 33. The lowest BCUT2D eigenvalue weighted by atomic mass is 9.86. The molecule has 3 N–H and O–H groups in total. The van der Waals surface area contributed by atoms with E-state index in [9.17, 15) is 47.9 Å². The summed E-state index contributed by atoms with van der Waals surface area (Å²) in [5, 5.41) is 6.29. The Labute approximate surface area is 760 Å². The summed E-state index contributed by atoms with van der Waals surface area (Å²) >= 11 is 37.0. The Kier molecular flexibility index (Phi) is 37.0. The molecule has 706 valence electrons. The van der Waals surface area contributed by atoms with E-state index in [2.05, 4.69) is 35.6 Å². The van der Waals surface area contributed by atoms with Gasteiger partial charge in [-0.05, 0) is 17.2 Å². The fourth-order valence-electron chi connectivity index (χ4n) is 15.6. The Balaban J connectivity index is 1.42. The molecule has 3 amide bonds. The third-order valence-corrected chi connectivity index (χ3v) is 27.9. The highest BCUT2D eigenvalue weighted by Gasteiger charge is 2.70. The number of carbonyl (C=O) groups is 12. The zero-order valence-electron chi connectivity index (χ0n) is 72.9. The van der Waals surface area contributed by atoms with Crippen LogP contribution in [0.3, 0.4) is 0 Å². The molecule has 126 heavy (non-hydrogen) atoms. The van der Waals surface area contributed by atoms with E-state index in [-0.39, 0.29) is 26.4 Å². The van der Waals surface area contributed by atoms with Gasteiger partial charge in [0.2, 0.25) is 19.4 Å². The number of halogens is 6. The van der Waals surface area contributed by atoms with Gasteiger partial charge in [0.05, 0.1) is 58.5 Å². The molecule has 0 unspecified atom stereocenters. The van der Waals surface area contributed by atoms with Crippen molar-refractivity contribution in [2.45, 2.75) is 300 Å². The van der Waals surface area contributed by atoms with Crippen LogP contribution in [0.1, 0.15) is 121 Å².